The van der Waals surface area contributed by atoms with Gasteiger partial charge in [-0.3, -0.25) is 9.69 Å². The highest BCUT2D eigenvalue weighted by Gasteiger charge is 2.14. The summed E-state index contributed by atoms with van der Waals surface area (Å²) >= 11 is 6.17. The Balaban J connectivity index is 1.66. The van der Waals surface area contributed by atoms with Crippen molar-refractivity contribution in [1.29, 1.82) is 0 Å². The number of halogens is 1. The third-order valence-corrected chi connectivity index (χ3v) is 5.19. The molecule has 3 aromatic carbocycles. The quantitative estimate of drug-likeness (QED) is 0.454. The van der Waals surface area contributed by atoms with Gasteiger partial charge >= 0.3 is 6.09 Å². The van der Waals surface area contributed by atoms with Crippen molar-refractivity contribution in [2.24, 2.45) is 0 Å². The molecule has 0 aliphatic carbocycles. The molecule has 172 valence electrons. The van der Waals surface area contributed by atoms with E-state index < -0.39 is 6.09 Å². The fourth-order valence-corrected chi connectivity index (χ4v) is 3.19. The lowest BCUT2D eigenvalue weighted by atomic mass is 10.1. The van der Waals surface area contributed by atoms with Crippen molar-refractivity contribution in [3.63, 3.8) is 0 Å². The molecule has 3 aromatic rings. The van der Waals surface area contributed by atoms with Gasteiger partial charge in [0.15, 0.2) is 11.5 Å². The Morgan fingerprint density at radius 3 is 2.39 bits per heavy atom. The molecule has 0 spiro atoms. The van der Waals surface area contributed by atoms with Crippen LogP contribution in [0.15, 0.2) is 66.7 Å². The second kappa shape index (κ2) is 11.2. The maximum Gasteiger partial charge on any atom is 0.413 e. The first-order chi connectivity index (χ1) is 15.9. The van der Waals surface area contributed by atoms with E-state index >= 15 is 0 Å². The minimum absolute atomic E-state index is 0.272. The van der Waals surface area contributed by atoms with Crippen molar-refractivity contribution in [1.82, 2.24) is 0 Å². The van der Waals surface area contributed by atoms with Gasteiger partial charge in [0, 0.05) is 34.6 Å². The van der Waals surface area contributed by atoms with Crippen LogP contribution in [-0.4, -0.2) is 32.8 Å². The van der Waals surface area contributed by atoms with Crippen LogP contribution in [0.4, 0.5) is 16.2 Å². The molecule has 1 N–H and O–H groups in total. The minimum Gasteiger partial charge on any atom is -0.493 e. The predicted molar refractivity (Wildman–Crippen MR) is 129 cm³/mol. The molecule has 2 amide bonds. The molecule has 0 bridgehead atoms. The molecule has 0 aliphatic rings. The molecule has 8 heteroatoms. The third kappa shape index (κ3) is 6.17. The molecule has 0 saturated heterocycles. The highest BCUT2D eigenvalue weighted by molar-refractivity contribution is 6.31. The highest BCUT2D eigenvalue weighted by Crippen LogP contribution is 2.30. The summed E-state index contributed by atoms with van der Waals surface area (Å²) in [6.07, 6.45) is -0.446. The van der Waals surface area contributed by atoms with Gasteiger partial charge in [0.05, 0.1) is 13.7 Å². The molecule has 7 nitrogen and oxygen atoms in total. The molecule has 0 heterocycles. The van der Waals surface area contributed by atoms with Crippen LogP contribution >= 0.6 is 11.6 Å². The molecule has 0 unspecified atom stereocenters. The number of amides is 2. The maximum atomic E-state index is 12.7. The van der Waals surface area contributed by atoms with Gasteiger partial charge < -0.3 is 19.5 Å². The number of hydrogen-bond donors (Lipinski definition) is 1. The zero-order valence-electron chi connectivity index (χ0n) is 18.6. The summed E-state index contributed by atoms with van der Waals surface area (Å²) in [7, 11) is 3.13. The van der Waals surface area contributed by atoms with Crippen LogP contribution < -0.4 is 19.7 Å². The zero-order chi connectivity index (χ0) is 23.8. The number of nitrogens with one attached hydrogen (secondary N) is 1. The van der Waals surface area contributed by atoms with Crippen molar-refractivity contribution < 1.29 is 23.8 Å². The fourth-order valence-electron chi connectivity index (χ4n) is 3.00. The van der Waals surface area contributed by atoms with Crippen LogP contribution in [0.2, 0.25) is 5.02 Å². The Kier molecular flexibility index (Phi) is 8.16. The molecule has 0 fully saturated rings. The van der Waals surface area contributed by atoms with E-state index in [1.54, 1.807) is 62.5 Å². The lowest BCUT2D eigenvalue weighted by Gasteiger charge is -2.17. The van der Waals surface area contributed by atoms with E-state index in [1.165, 1.54) is 12.0 Å². The average Bonchev–Trinajstić information content (AvgIpc) is 2.83. The van der Waals surface area contributed by atoms with Gasteiger partial charge in [0.25, 0.3) is 5.91 Å². The molecule has 0 atom stereocenters. The molecule has 33 heavy (non-hydrogen) atoms. The number of benzene rings is 3. The second-order valence-corrected chi connectivity index (χ2v) is 7.41. The Labute approximate surface area is 197 Å². The fraction of sp³-hybridized carbons (Fsp3) is 0.200. The molecule has 0 saturated carbocycles. The Bertz CT molecular complexity index is 1120. The maximum absolute atomic E-state index is 12.7. The van der Waals surface area contributed by atoms with Gasteiger partial charge in [-0.05, 0) is 55.5 Å². The smallest absolute Gasteiger partial charge is 0.413 e. The Morgan fingerprint density at radius 1 is 1.00 bits per heavy atom. The summed E-state index contributed by atoms with van der Waals surface area (Å²) < 4.78 is 16.2. The van der Waals surface area contributed by atoms with Crippen LogP contribution in [0.1, 0.15) is 22.8 Å². The van der Waals surface area contributed by atoms with E-state index in [0.717, 1.165) is 5.56 Å². The van der Waals surface area contributed by atoms with Gasteiger partial charge in [-0.2, -0.15) is 0 Å². The van der Waals surface area contributed by atoms with Crippen molar-refractivity contribution in [3.05, 3.63) is 82.9 Å². The zero-order valence-corrected chi connectivity index (χ0v) is 19.4. The van der Waals surface area contributed by atoms with E-state index in [2.05, 4.69) is 5.32 Å². The molecule has 0 aromatic heterocycles. The summed E-state index contributed by atoms with van der Waals surface area (Å²) in [5.74, 6) is 0.624. The van der Waals surface area contributed by atoms with Gasteiger partial charge in [-0.25, -0.2) is 4.79 Å². The van der Waals surface area contributed by atoms with E-state index in [9.17, 15) is 9.59 Å². The standard InChI is InChI=1S/C25H25ClN2O5/c1-4-32-25(30)28(2)20-12-10-19(11-13-20)27-24(29)17-9-14-22(23(15-17)31-3)33-16-18-7-5-6-8-21(18)26/h5-15H,4,16H2,1-3H3,(H,27,29). The van der Waals surface area contributed by atoms with Crippen molar-refractivity contribution >= 4 is 35.0 Å². The van der Waals surface area contributed by atoms with Crippen LogP contribution in [-0.2, 0) is 11.3 Å². The summed E-state index contributed by atoms with van der Waals surface area (Å²) in [6.45, 7) is 2.32. The van der Waals surface area contributed by atoms with Crippen molar-refractivity contribution in [2.45, 2.75) is 13.5 Å². The molecule has 3 rings (SSSR count). The van der Waals surface area contributed by atoms with E-state index in [-0.39, 0.29) is 12.5 Å². The lowest BCUT2D eigenvalue weighted by molar-refractivity contribution is 0.102. The third-order valence-electron chi connectivity index (χ3n) is 4.82. The number of methoxy groups -OCH3 is 1. The number of carbonyl (C=O) groups is 2. The lowest BCUT2D eigenvalue weighted by Crippen LogP contribution is -2.26. The van der Waals surface area contributed by atoms with Crippen LogP contribution in [0.3, 0.4) is 0 Å². The highest BCUT2D eigenvalue weighted by atomic mass is 35.5. The molecule has 0 radical (unpaired) electrons. The van der Waals surface area contributed by atoms with Crippen molar-refractivity contribution in [3.8, 4) is 11.5 Å². The number of nitrogens with zero attached hydrogens (tertiary/aromatic N) is 1. The van der Waals surface area contributed by atoms with E-state index in [4.69, 9.17) is 25.8 Å². The summed E-state index contributed by atoms with van der Waals surface area (Å²) in [4.78, 5) is 25.9. The second-order valence-electron chi connectivity index (χ2n) is 7.00. The molecular formula is C25H25ClN2O5. The first-order valence-electron chi connectivity index (χ1n) is 10.3. The minimum atomic E-state index is -0.446. The Hall–Kier alpha value is -3.71. The van der Waals surface area contributed by atoms with E-state index in [0.29, 0.717) is 40.1 Å². The van der Waals surface area contributed by atoms with Crippen molar-refractivity contribution in [2.75, 3.05) is 31.0 Å². The normalized spacial score (nSPS) is 10.3. The number of anilines is 2. The SMILES string of the molecule is CCOC(=O)N(C)c1ccc(NC(=O)c2ccc(OCc3ccccc3Cl)c(OC)c2)cc1. The largest absolute Gasteiger partial charge is 0.493 e. The predicted octanol–water partition coefficient (Wildman–Crippen LogP) is 5.77. The number of rotatable bonds is 8. The number of carbonyl (C=O) groups excluding carboxylic acids is 2. The molecular weight excluding hydrogens is 444 g/mol. The van der Waals surface area contributed by atoms with Gasteiger partial charge in [0.2, 0.25) is 0 Å². The summed E-state index contributed by atoms with van der Waals surface area (Å²) in [5.41, 5.74) is 2.48. The van der Waals surface area contributed by atoms with Gasteiger partial charge in [-0.15, -0.1) is 0 Å². The monoisotopic (exact) mass is 468 g/mol. The van der Waals surface area contributed by atoms with Crippen LogP contribution in [0.5, 0.6) is 11.5 Å². The first kappa shape index (κ1) is 23.9. The molecule has 0 aliphatic heterocycles. The summed E-state index contributed by atoms with van der Waals surface area (Å²) in [6, 6.07) is 19.2. The van der Waals surface area contributed by atoms with Gasteiger partial charge in [-0.1, -0.05) is 29.8 Å². The average molecular weight is 469 g/mol. The van der Waals surface area contributed by atoms with Crippen LogP contribution in [0, 0.1) is 0 Å². The number of ether oxygens (including phenoxy) is 3. The Morgan fingerprint density at radius 2 is 1.73 bits per heavy atom. The summed E-state index contributed by atoms with van der Waals surface area (Å²) in [5, 5.41) is 3.44. The van der Waals surface area contributed by atoms with E-state index in [1.807, 2.05) is 18.2 Å². The van der Waals surface area contributed by atoms with Gasteiger partial charge in [0.1, 0.15) is 6.61 Å². The number of hydrogen-bond acceptors (Lipinski definition) is 5. The topological polar surface area (TPSA) is 77.1 Å². The van der Waals surface area contributed by atoms with Crippen LogP contribution in [0.25, 0.3) is 0 Å². The first-order valence-corrected chi connectivity index (χ1v) is 10.7.